The molecule has 0 heterocycles. The van der Waals surface area contributed by atoms with E-state index in [2.05, 4.69) is 5.32 Å². The van der Waals surface area contributed by atoms with Crippen LogP contribution in [-0.2, 0) is 27.6 Å². The van der Waals surface area contributed by atoms with Crippen molar-refractivity contribution in [2.24, 2.45) is 0 Å². The van der Waals surface area contributed by atoms with Crippen LogP contribution < -0.4 is 10.1 Å². The van der Waals surface area contributed by atoms with Gasteiger partial charge in [0.05, 0.1) is 4.90 Å². The summed E-state index contributed by atoms with van der Waals surface area (Å²) in [5, 5.41) is 1.35. The first-order valence-electron chi connectivity index (χ1n) is 10.7. The molecule has 0 aliphatic heterocycles. The largest absolute Gasteiger partial charge is 0.489 e. The van der Waals surface area contributed by atoms with E-state index in [0.29, 0.717) is 12.4 Å². The number of amides is 1. The summed E-state index contributed by atoms with van der Waals surface area (Å²) in [4.78, 5) is 12.5. The Kier molecular flexibility index (Phi) is 7.76. The summed E-state index contributed by atoms with van der Waals surface area (Å²) in [6.45, 7) is 5.61. The minimum Gasteiger partial charge on any atom is -0.489 e. The van der Waals surface area contributed by atoms with Crippen molar-refractivity contribution in [2.75, 3.05) is 0 Å². The van der Waals surface area contributed by atoms with Crippen LogP contribution in [0.25, 0.3) is 0 Å². The first-order valence-corrected chi connectivity index (χ1v) is 12.2. The summed E-state index contributed by atoms with van der Waals surface area (Å²) in [6, 6.07) is 25.1. The Morgan fingerprint density at radius 2 is 1.42 bits per heavy atom. The summed E-state index contributed by atoms with van der Waals surface area (Å²) in [5.74, 6) is 0.671. The predicted molar refractivity (Wildman–Crippen MR) is 128 cm³/mol. The number of hydrogen-bond acceptors (Lipinski definition) is 5. The lowest BCUT2D eigenvalue weighted by atomic mass is 10.1. The van der Waals surface area contributed by atoms with Crippen molar-refractivity contribution in [1.29, 1.82) is 0 Å². The van der Waals surface area contributed by atoms with Crippen molar-refractivity contribution in [3.63, 3.8) is 0 Å². The van der Waals surface area contributed by atoms with Gasteiger partial charge in [-0.25, -0.2) is 13.2 Å². The molecule has 0 saturated heterocycles. The maximum Gasteiger partial charge on any atom is 0.408 e. The van der Waals surface area contributed by atoms with Crippen LogP contribution in [-0.4, -0.2) is 25.5 Å². The van der Waals surface area contributed by atoms with Gasteiger partial charge in [0, 0.05) is 6.42 Å². The zero-order valence-corrected chi connectivity index (χ0v) is 19.8. The molecule has 0 spiro atoms. The van der Waals surface area contributed by atoms with Gasteiger partial charge >= 0.3 is 6.09 Å². The second-order valence-corrected chi connectivity index (χ2v) is 10.7. The molecule has 3 aromatic carbocycles. The summed E-state index contributed by atoms with van der Waals surface area (Å²) in [6.07, 6.45) is -0.704. The summed E-state index contributed by atoms with van der Waals surface area (Å²) < 4.78 is 37.6. The number of alkyl carbamates (subject to hydrolysis) is 1. The third kappa shape index (κ3) is 7.36. The number of sulfone groups is 1. The van der Waals surface area contributed by atoms with Crippen LogP contribution in [0.4, 0.5) is 4.79 Å². The number of benzene rings is 3. The minimum absolute atomic E-state index is 0.0788. The van der Waals surface area contributed by atoms with Crippen LogP contribution >= 0.6 is 0 Å². The van der Waals surface area contributed by atoms with Crippen LogP contribution in [0.3, 0.4) is 0 Å². The maximum absolute atomic E-state index is 13.3. The fraction of sp³-hybridized carbons (Fsp3) is 0.269. The van der Waals surface area contributed by atoms with Gasteiger partial charge in [0.1, 0.15) is 23.3 Å². The fourth-order valence-corrected chi connectivity index (χ4v) is 4.66. The molecular weight excluding hydrogens is 438 g/mol. The Morgan fingerprint density at radius 3 is 2.00 bits per heavy atom. The van der Waals surface area contributed by atoms with E-state index in [1.54, 1.807) is 63.2 Å². The number of carbonyl (C=O) groups is 1. The van der Waals surface area contributed by atoms with Gasteiger partial charge in [-0.15, -0.1) is 0 Å². The topological polar surface area (TPSA) is 81.7 Å². The van der Waals surface area contributed by atoms with E-state index >= 15 is 0 Å². The van der Waals surface area contributed by atoms with Gasteiger partial charge in [0.15, 0.2) is 9.84 Å². The zero-order valence-electron chi connectivity index (χ0n) is 19.0. The summed E-state index contributed by atoms with van der Waals surface area (Å²) in [5.41, 5.74) is 1.04. The lowest BCUT2D eigenvalue weighted by molar-refractivity contribution is 0.0520. The van der Waals surface area contributed by atoms with Crippen LogP contribution in [0.1, 0.15) is 31.9 Å². The van der Waals surface area contributed by atoms with E-state index in [1.807, 2.05) is 30.3 Å². The third-order valence-corrected chi connectivity index (χ3v) is 6.68. The van der Waals surface area contributed by atoms with Crippen molar-refractivity contribution in [3.05, 3.63) is 96.1 Å². The number of carbonyl (C=O) groups excluding carboxylic acids is 1. The van der Waals surface area contributed by atoms with Gasteiger partial charge in [0.25, 0.3) is 0 Å². The Labute approximate surface area is 195 Å². The molecule has 7 heteroatoms. The molecule has 1 atom stereocenters. The van der Waals surface area contributed by atoms with Gasteiger partial charge in [0.2, 0.25) is 0 Å². The van der Waals surface area contributed by atoms with Gasteiger partial charge in [-0.1, -0.05) is 60.7 Å². The highest BCUT2D eigenvalue weighted by molar-refractivity contribution is 7.92. The SMILES string of the molecule is CC(C)(C)OC(=O)NC(Cc1ccc(OCc2ccccc2)cc1)S(=O)(=O)c1ccccc1. The highest BCUT2D eigenvalue weighted by atomic mass is 32.2. The van der Waals surface area contributed by atoms with Gasteiger partial charge in [-0.2, -0.15) is 0 Å². The Hall–Kier alpha value is -3.32. The molecule has 0 aliphatic rings. The van der Waals surface area contributed by atoms with Crippen LogP contribution in [0.15, 0.2) is 89.8 Å². The monoisotopic (exact) mass is 467 g/mol. The van der Waals surface area contributed by atoms with E-state index in [0.717, 1.165) is 11.1 Å². The number of nitrogens with one attached hydrogen (secondary N) is 1. The molecule has 0 fully saturated rings. The smallest absolute Gasteiger partial charge is 0.408 e. The maximum atomic E-state index is 13.3. The summed E-state index contributed by atoms with van der Waals surface area (Å²) in [7, 11) is -3.85. The molecule has 1 N–H and O–H groups in total. The number of ether oxygens (including phenoxy) is 2. The standard InChI is InChI=1S/C26H29NO5S/c1-26(2,3)32-25(28)27-24(33(29,30)23-12-8-5-9-13-23)18-20-14-16-22(17-15-20)31-19-21-10-6-4-7-11-21/h4-17,24H,18-19H2,1-3H3,(H,27,28). The molecule has 174 valence electrons. The van der Waals surface area contributed by atoms with Crippen LogP contribution in [0.5, 0.6) is 5.75 Å². The van der Waals surface area contributed by atoms with Crippen molar-refractivity contribution in [2.45, 2.75) is 49.7 Å². The quantitative estimate of drug-likeness (QED) is 0.496. The molecule has 1 unspecified atom stereocenters. The Morgan fingerprint density at radius 1 is 0.848 bits per heavy atom. The van der Waals surface area contributed by atoms with E-state index < -0.39 is 26.9 Å². The highest BCUT2D eigenvalue weighted by Crippen LogP contribution is 2.21. The second kappa shape index (κ2) is 10.5. The molecule has 1 amide bonds. The normalized spacial score (nSPS) is 12.6. The molecule has 0 bridgehead atoms. The second-order valence-electron chi connectivity index (χ2n) is 8.62. The molecule has 0 radical (unpaired) electrons. The van der Waals surface area contributed by atoms with E-state index in [9.17, 15) is 13.2 Å². The van der Waals surface area contributed by atoms with Crippen molar-refractivity contribution in [3.8, 4) is 5.75 Å². The fourth-order valence-electron chi connectivity index (χ4n) is 3.13. The summed E-state index contributed by atoms with van der Waals surface area (Å²) >= 11 is 0. The molecule has 0 saturated carbocycles. The first-order chi connectivity index (χ1) is 15.6. The van der Waals surface area contributed by atoms with E-state index in [1.165, 1.54) is 12.1 Å². The lowest BCUT2D eigenvalue weighted by Crippen LogP contribution is -2.44. The average molecular weight is 468 g/mol. The average Bonchev–Trinajstić information content (AvgIpc) is 2.78. The van der Waals surface area contributed by atoms with Crippen molar-refractivity contribution < 1.29 is 22.7 Å². The molecule has 6 nitrogen and oxygen atoms in total. The van der Waals surface area contributed by atoms with E-state index in [-0.39, 0.29) is 11.3 Å². The number of rotatable bonds is 8. The molecule has 0 aliphatic carbocycles. The third-order valence-electron chi connectivity index (χ3n) is 4.72. The van der Waals surface area contributed by atoms with Crippen molar-refractivity contribution >= 4 is 15.9 Å². The van der Waals surface area contributed by atoms with Gasteiger partial charge < -0.3 is 14.8 Å². The molecular formula is C26H29NO5S. The van der Waals surface area contributed by atoms with Crippen LogP contribution in [0, 0.1) is 0 Å². The molecule has 3 rings (SSSR count). The Balaban J connectivity index is 1.75. The molecule has 3 aromatic rings. The van der Waals surface area contributed by atoms with Crippen molar-refractivity contribution in [1.82, 2.24) is 5.32 Å². The predicted octanol–water partition coefficient (Wildman–Crippen LogP) is 5.13. The molecule has 0 aromatic heterocycles. The highest BCUT2D eigenvalue weighted by Gasteiger charge is 2.31. The zero-order chi connectivity index (χ0) is 23.9. The Bertz CT molecular complexity index is 1140. The number of hydrogen-bond donors (Lipinski definition) is 1. The van der Waals surface area contributed by atoms with Crippen LogP contribution in [0.2, 0.25) is 0 Å². The van der Waals surface area contributed by atoms with Gasteiger partial charge in [-0.3, -0.25) is 0 Å². The first kappa shape index (κ1) is 24.3. The van der Waals surface area contributed by atoms with Gasteiger partial charge in [-0.05, 0) is 56.2 Å². The minimum atomic E-state index is -3.85. The lowest BCUT2D eigenvalue weighted by Gasteiger charge is -2.24. The van der Waals surface area contributed by atoms with E-state index in [4.69, 9.17) is 9.47 Å². The molecule has 33 heavy (non-hydrogen) atoms.